The molecule has 130 valence electrons. The van der Waals surface area contributed by atoms with E-state index in [4.69, 9.17) is 4.99 Å². The van der Waals surface area contributed by atoms with Crippen LogP contribution in [0.1, 0.15) is 42.1 Å². The van der Waals surface area contributed by atoms with Crippen molar-refractivity contribution in [1.82, 2.24) is 30.0 Å². The van der Waals surface area contributed by atoms with Crippen LogP contribution in [0.25, 0.3) is 0 Å². The van der Waals surface area contributed by atoms with Crippen molar-refractivity contribution in [3.8, 4) is 0 Å². The van der Waals surface area contributed by atoms with Gasteiger partial charge in [0.05, 0.1) is 17.2 Å². The minimum Gasteiger partial charge on any atom is -0.357 e. The van der Waals surface area contributed by atoms with Gasteiger partial charge in [0.25, 0.3) is 0 Å². The molecule has 1 aliphatic heterocycles. The Balaban J connectivity index is 1.70. The van der Waals surface area contributed by atoms with E-state index in [1.807, 2.05) is 14.0 Å². The highest BCUT2D eigenvalue weighted by molar-refractivity contribution is 7.09. The Bertz CT molecular complexity index is 703. The predicted octanol–water partition coefficient (Wildman–Crippen LogP) is 1.98. The molecular weight excluding hydrogens is 322 g/mol. The first-order chi connectivity index (χ1) is 11.7. The molecule has 7 nitrogen and oxygen atoms in total. The second kappa shape index (κ2) is 7.74. The average Bonchev–Trinajstić information content (AvgIpc) is 3.17. The van der Waals surface area contributed by atoms with E-state index in [9.17, 15) is 0 Å². The average molecular weight is 347 g/mol. The summed E-state index contributed by atoms with van der Waals surface area (Å²) in [4.78, 5) is 11.4. The molecule has 0 unspecified atom stereocenters. The summed E-state index contributed by atoms with van der Waals surface area (Å²) in [7, 11) is 2.04. The van der Waals surface area contributed by atoms with Crippen LogP contribution in [0, 0.1) is 6.92 Å². The maximum absolute atomic E-state index is 4.75. The number of thiazole rings is 1. The number of hydrogen-bond donors (Lipinski definition) is 1. The van der Waals surface area contributed by atoms with Crippen molar-refractivity contribution in [3.63, 3.8) is 0 Å². The molecule has 0 atom stereocenters. The normalized spacial score (nSPS) is 14.5. The van der Waals surface area contributed by atoms with Gasteiger partial charge in [-0.2, -0.15) is 0 Å². The van der Waals surface area contributed by atoms with E-state index < -0.39 is 0 Å². The first-order valence-electron chi connectivity index (χ1n) is 8.48. The molecule has 1 N–H and O–H groups in total. The number of nitrogens with zero attached hydrogens (tertiary/aromatic N) is 6. The van der Waals surface area contributed by atoms with Crippen LogP contribution >= 0.6 is 11.3 Å². The molecule has 0 aromatic carbocycles. The number of guanidine groups is 1. The summed E-state index contributed by atoms with van der Waals surface area (Å²) in [5.41, 5.74) is 1.07. The van der Waals surface area contributed by atoms with Crippen molar-refractivity contribution in [3.05, 3.63) is 27.7 Å². The van der Waals surface area contributed by atoms with Gasteiger partial charge in [0, 0.05) is 31.9 Å². The molecule has 0 spiro atoms. The van der Waals surface area contributed by atoms with Crippen LogP contribution in [-0.2, 0) is 26.1 Å². The fourth-order valence-corrected chi connectivity index (χ4v) is 3.50. The summed E-state index contributed by atoms with van der Waals surface area (Å²) in [5, 5.41) is 15.2. The number of aromatic nitrogens is 4. The maximum Gasteiger partial charge on any atom is 0.194 e. The Kier molecular flexibility index (Phi) is 5.44. The molecule has 3 rings (SSSR count). The van der Waals surface area contributed by atoms with Crippen molar-refractivity contribution in [1.29, 1.82) is 0 Å². The standard InChI is InChI=1S/C16H25N7S/c1-4-17-16(22(3)10-13-11-24-12(2)19-13)18-9-15-21-20-14-7-5-6-8-23(14)15/h11H,4-10H2,1-3H3,(H,17,18). The minimum atomic E-state index is 0.551. The van der Waals surface area contributed by atoms with Crippen LogP contribution in [0.5, 0.6) is 0 Å². The van der Waals surface area contributed by atoms with Gasteiger partial charge in [-0.15, -0.1) is 21.5 Å². The van der Waals surface area contributed by atoms with Gasteiger partial charge in [-0.3, -0.25) is 0 Å². The zero-order valence-corrected chi connectivity index (χ0v) is 15.4. The summed E-state index contributed by atoms with van der Waals surface area (Å²) in [6.45, 7) is 7.25. The Labute approximate surface area is 146 Å². The van der Waals surface area contributed by atoms with Crippen molar-refractivity contribution in [2.45, 2.75) is 52.7 Å². The van der Waals surface area contributed by atoms with Gasteiger partial charge in [0.1, 0.15) is 12.4 Å². The first kappa shape index (κ1) is 16.9. The van der Waals surface area contributed by atoms with Gasteiger partial charge >= 0.3 is 0 Å². The van der Waals surface area contributed by atoms with E-state index in [-0.39, 0.29) is 0 Å². The summed E-state index contributed by atoms with van der Waals surface area (Å²) < 4.78 is 2.22. The second-order valence-electron chi connectivity index (χ2n) is 6.03. The van der Waals surface area contributed by atoms with E-state index in [1.165, 1.54) is 12.8 Å². The Morgan fingerprint density at radius 1 is 1.42 bits per heavy atom. The summed E-state index contributed by atoms with van der Waals surface area (Å²) in [6.07, 6.45) is 3.44. The third kappa shape index (κ3) is 3.92. The molecule has 0 aliphatic carbocycles. The van der Waals surface area contributed by atoms with Crippen molar-refractivity contribution in [2.75, 3.05) is 13.6 Å². The number of hydrogen-bond acceptors (Lipinski definition) is 5. The van der Waals surface area contributed by atoms with Gasteiger partial charge in [0.2, 0.25) is 0 Å². The van der Waals surface area contributed by atoms with E-state index in [0.717, 1.165) is 54.4 Å². The van der Waals surface area contributed by atoms with Crippen LogP contribution < -0.4 is 5.32 Å². The Morgan fingerprint density at radius 3 is 3.04 bits per heavy atom. The number of rotatable bonds is 5. The lowest BCUT2D eigenvalue weighted by molar-refractivity contribution is 0.468. The van der Waals surface area contributed by atoms with E-state index in [1.54, 1.807) is 11.3 Å². The van der Waals surface area contributed by atoms with E-state index in [2.05, 4.69) is 42.3 Å². The second-order valence-corrected chi connectivity index (χ2v) is 7.09. The van der Waals surface area contributed by atoms with Gasteiger partial charge in [-0.1, -0.05) is 0 Å². The quantitative estimate of drug-likeness (QED) is 0.661. The fraction of sp³-hybridized carbons (Fsp3) is 0.625. The van der Waals surface area contributed by atoms with Crippen LogP contribution in [0.3, 0.4) is 0 Å². The predicted molar refractivity (Wildman–Crippen MR) is 96.1 cm³/mol. The molecule has 2 aromatic rings. The molecule has 1 aliphatic rings. The molecule has 3 heterocycles. The highest BCUT2D eigenvalue weighted by atomic mass is 32.1. The lowest BCUT2D eigenvalue weighted by Gasteiger charge is -2.21. The van der Waals surface area contributed by atoms with E-state index >= 15 is 0 Å². The van der Waals surface area contributed by atoms with Crippen LogP contribution in [0.2, 0.25) is 0 Å². The molecule has 0 amide bonds. The van der Waals surface area contributed by atoms with Gasteiger partial charge in [0.15, 0.2) is 11.8 Å². The molecule has 0 fully saturated rings. The Hall–Kier alpha value is -1.96. The molecule has 0 saturated carbocycles. The summed E-state index contributed by atoms with van der Waals surface area (Å²) >= 11 is 1.68. The summed E-state index contributed by atoms with van der Waals surface area (Å²) in [6, 6.07) is 0. The maximum atomic E-state index is 4.75. The molecular formula is C16H25N7S. The van der Waals surface area contributed by atoms with E-state index in [0.29, 0.717) is 6.54 Å². The zero-order chi connectivity index (χ0) is 16.9. The van der Waals surface area contributed by atoms with Crippen LogP contribution in [0.15, 0.2) is 10.4 Å². The highest BCUT2D eigenvalue weighted by Gasteiger charge is 2.16. The monoisotopic (exact) mass is 347 g/mol. The van der Waals surface area contributed by atoms with Crippen molar-refractivity contribution < 1.29 is 0 Å². The molecule has 0 saturated heterocycles. The molecule has 0 radical (unpaired) electrons. The lowest BCUT2D eigenvalue weighted by Crippen LogP contribution is -2.38. The number of fused-ring (bicyclic) bond motifs is 1. The molecule has 8 heteroatoms. The third-order valence-corrected chi connectivity index (χ3v) is 4.89. The third-order valence-electron chi connectivity index (χ3n) is 4.07. The minimum absolute atomic E-state index is 0.551. The topological polar surface area (TPSA) is 71.2 Å². The molecule has 24 heavy (non-hydrogen) atoms. The number of aryl methyl sites for hydroxylation is 2. The summed E-state index contributed by atoms with van der Waals surface area (Å²) in [5.74, 6) is 2.93. The molecule has 0 bridgehead atoms. The fourth-order valence-electron chi connectivity index (χ4n) is 2.90. The zero-order valence-electron chi connectivity index (χ0n) is 14.6. The van der Waals surface area contributed by atoms with Crippen molar-refractivity contribution in [2.24, 2.45) is 4.99 Å². The number of aliphatic imine (C=N–C) groups is 1. The van der Waals surface area contributed by atoms with Gasteiger partial charge in [-0.25, -0.2) is 9.98 Å². The van der Waals surface area contributed by atoms with Gasteiger partial charge < -0.3 is 14.8 Å². The smallest absolute Gasteiger partial charge is 0.194 e. The highest BCUT2D eigenvalue weighted by Crippen LogP contribution is 2.15. The number of nitrogens with one attached hydrogen (secondary N) is 1. The van der Waals surface area contributed by atoms with Gasteiger partial charge in [-0.05, 0) is 26.7 Å². The first-order valence-corrected chi connectivity index (χ1v) is 9.36. The van der Waals surface area contributed by atoms with Crippen molar-refractivity contribution >= 4 is 17.3 Å². The lowest BCUT2D eigenvalue weighted by atomic mass is 10.2. The molecule has 2 aromatic heterocycles. The Morgan fingerprint density at radius 2 is 2.29 bits per heavy atom. The largest absolute Gasteiger partial charge is 0.357 e. The van der Waals surface area contributed by atoms with Crippen LogP contribution in [-0.4, -0.2) is 44.2 Å². The SMILES string of the molecule is CCNC(=NCc1nnc2n1CCCC2)N(C)Cc1csc(C)n1. The van der Waals surface area contributed by atoms with Crippen LogP contribution in [0.4, 0.5) is 0 Å².